The maximum Gasteiger partial charge on any atom is 0.324 e. The van der Waals surface area contributed by atoms with Gasteiger partial charge in [-0.05, 0) is 20.3 Å². The van der Waals surface area contributed by atoms with Crippen molar-refractivity contribution < 1.29 is 14.6 Å². The molecule has 0 radical (unpaired) electrons. The normalized spacial score (nSPS) is 24.1. The van der Waals surface area contributed by atoms with Gasteiger partial charge in [-0.15, -0.1) is 6.58 Å². The smallest absolute Gasteiger partial charge is 0.324 e. The summed E-state index contributed by atoms with van der Waals surface area (Å²) in [5.74, 6) is -0.845. The van der Waals surface area contributed by atoms with Crippen molar-refractivity contribution in [3.05, 3.63) is 12.7 Å². The van der Waals surface area contributed by atoms with Crippen LogP contribution >= 0.6 is 0 Å². The molecule has 0 aromatic heterocycles. The number of carbonyl (C=O) groups is 1. The molecule has 4 heteroatoms. The first-order valence-corrected chi connectivity index (χ1v) is 5.19. The van der Waals surface area contributed by atoms with Gasteiger partial charge < -0.3 is 9.84 Å². The van der Waals surface area contributed by atoms with Gasteiger partial charge in [0.05, 0.1) is 5.60 Å². The van der Waals surface area contributed by atoms with Crippen LogP contribution in [-0.4, -0.2) is 47.3 Å². The minimum atomic E-state index is -0.845. The molecule has 0 aromatic carbocycles. The first-order chi connectivity index (χ1) is 6.96. The fraction of sp³-hybridized carbons (Fsp3) is 0.727. The van der Waals surface area contributed by atoms with E-state index in [0.717, 1.165) is 13.0 Å². The highest BCUT2D eigenvalue weighted by Gasteiger charge is 2.31. The minimum absolute atomic E-state index is 0.285. The van der Waals surface area contributed by atoms with Gasteiger partial charge in [-0.25, -0.2) is 0 Å². The van der Waals surface area contributed by atoms with E-state index in [4.69, 9.17) is 9.84 Å². The second-order valence-corrected chi connectivity index (χ2v) is 4.45. The highest BCUT2D eigenvalue weighted by molar-refractivity contribution is 5.75. The van der Waals surface area contributed by atoms with Crippen molar-refractivity contribution in [2.24, 2.45) is 0 Å². The molecule has 0 amide bonds. The number of hydrogen-bond donors (Lipinski definition) is 1. The third-order valence-corrected chi connectivity index (χ3v) is 2.54. The summed E-state index contributed by atoms with van der Waals surface area (Å²) in [5.41, 5.74) is -0.285. The Labute approximate surface area is 90.5 Å². The Hall–Kier alpha value is -0.870. The zero-order valence-electron chi connectivity index (χ0n) is 9.40. The molecular formula is C11H19NO3. The Morgan fingerprint density at radius 3 is 2.87 bits per heavy atom. The quantitative estimate of drug-likeness (QED) is 0.714. The molecule has 1 saturated heterocycles. The van der Waals surface area contributed by atoms with Gasteiger partial charge in [-0.2, -0.15) is 0 Å². The predicted octanol–water partition coefficient (Wildman–Crippen LogP) is 1.13. The van der Waals surface area contributed by atoms with E-state index in [9.17, 15) is 4.79 Å². The van der Waals surface area contributed by atoms with Crippen LogP contribution in [0.2, 0.25) is 0 Å². The van der Waals surface area contributed by atoms with Crippen LogP contribution in [0.5, 0.6) is 0 Å². The third kappa shape index (κ3) is 3.32. The van der Waals surface area contributed by atoms with Crippen molar-refractivity contribution in [2.75, 3.05) is 19.7 Å². The lowest BCUT2D eigenvalue weighted by Crippen LogP contribution is -2.46. The SMILES string of the molecule is C=CC(C(=O)O)N1CCCOC(C)(C)C1. The van der Waals surface area contributed by atoms with Gasteiger partial charge in [-0.3, -0.25) is 9.69 Å². The summed E-state index contributed by atoms with van der Waals surface area (Å²) < 4.78 is 5.63. The molecule has 1 aliphatic rings. The van der Waals surface area contributed by atoms with E-state index < -0.39 is 12.0 Å². The maximum atomic E-state index is 11.0. The van der Waals surface area contributed by atoms with Gasteiger partial charge in [0.2, 0.25) is 0 Å². The standard InChI is InChI=1S/C11H19NO3/c1-4-9(10(13)14)12-6-5-7-15-11(2,3)8-12/h4,9H,1,5-8H2,2-3H3,(H,13,14). The number of nitrogens with zero attached hydrogens (tertiary/aromatic N) is 1. The van der Waals surface area contributed by atoms with Gasteiger partial charge in [0.15, 0.2) is 0 Å². The lowest BCUT2D eigenvalue weighted by Gasteiger charge is -2.31. The van der Waals surface area contributed by atoms with Crippen LogP contribution in [0.3, 0.4) is 0 Å². The van der Waals surface area contributed by atoms with E-state index in [1.807, 2.05) is 18.7 Å². The van der Waals surface area contributed by atoms with Gasteiger partial charge >= 0.3 is 5.97 Å². The van der Waals surface area contributed by atoms with Crippen LogP contribution in [0.4, 0.5) is 0 Å². The fourth-order valence-electron chi connectivity index (χ4n) is 1.87. The molecule has 1 rings (SSSR count). The lowest BCUT2D eigenvalue weighted by atomic mass is 10.1. The van der Waals surface area contributed by atoms with E-state index in [2.05, 4.69) is 6.58 Å². The van der Waals surface area contributed by atoms with Crippen LogP contribution in [0.15, 0.2) is 12.7 Å². The number of ether oxygens (including phenoxy) is 1. The van der Waals surface area contributed by atoms with E-state index in [-0.39, 0.29) is 5.60 Å². The van der Waals surface area contributed by atoms with E-state index in [1.54, 1.807) is 0 Å². The molecule has 86 valence electrons. The van der Waals surface area contributed by atoms with E-state index in [1.165, 1.54) is 6.08 Å². The summed E-state index contributed by atoms with van der Waals surface area (Å²) >= 11 is 0. The van der Waals surface area contributed by atoms with E-state index >= 15 is 0 Å². The monoisotopic (exact) mass is 213 g/mol. The Balaban J connectivity index is 2.74. The number of rotatable bonds is 3. The molecule has 1 heterocycles. The van der Waals surface area contributed by atoms with Crippen LogP contribution < -0.4 is 0 Å². The number of carboxylic acids is 1. The summed E-state index contributed by atoms with van der Waals surface area (Å²) in [4.78, 5) is 12.9. The average molecular weight is 213 g/mol. The summed E-state index contributed by atoms with van der Waals surface area (Å²) in [6, 6.07) is -0.606. The first-order valence-electron chi connectivity index (χ1n) is 5.19. The molecule has 0 spiro atoms. The maximum absolute atomic E-state index is 11.0. The van der Waals surface area contributed by atoms with Crippen molar-refractivity contribution >= 4 is 5.97 Å². The Morgan fingerprint density at radius 2 is 2.33 bits per heavy atom. The summed E-state index contributed by atoms with van der Waals surface area (Å²) in [7, 11) is 0. The minimum Gasteiger partial charge on any atom is -0.480 e. The zero-order valence-corrected chi connectivity index (χ0v) is 9.40. The van der Waals surface area contributed by atoms with Crippen LogP contribution in [0.1, 0.15) is 20.3 Å². The molecule has 1 atom stereocenters. The Morgan fingerprint density at radius 1 is 1.67 bits per heavy atom. The molecule has 1 aliphatic heterocycles. The molecule has 4 nitrogen and oxygen atoms in total. The largest absolute Gasteiger partial charge is 0.480 e. The first kappa shape index (κ1) is 12.2. The molecule has 0 aliphatic carbocycles. The molecule has 0 aromatic rings. The third-order valence-electron chi connectivity index (χ3n) is 2.54. The second kappa shape index (κ2) is 4.77. The summed E-state index contributed by atoms with van der Waals surface area (Å²) in [5, 5.41) is 9.03. The summed E-state index contributed by atoms with van der Waals surface area (Å²) in [6.45, 7) is 9.58. The number of hydrogen-bond acceptors (Lipinski definition) is 3. The second-order valence-electron chi connectivity index (χ2n) is 4.45. The van der Waals surface area contributed by atoms with Gasteiger partial charge in [0, 0.05) is 19.7 Å². The molecule has 1 fully saturated rings. The zero-order chi connectivity index (χ0) is 11.5. The topological polar surface area (TPSA) is 49.8 Å². The van der Waals surface area contributed by atoms with Gasteiger partial charge in [-0.1, -0.05) is 6.08 Å². The molecule has 15 heavy (non-hydrogen) atoms. The van der Waals surface area contributed by atoms with Crippen LogP contribution in [-0.2, 0) is 9.53 Å². The van der Waals surface area contributed by atoms with Crippen molar-refractivity contribution in [3.63, 3.8) is 0 Å². The van der Waals surface area contributed by atoms with Crippen molar-refractivity contribution in [3.8, 4) is 0 Å². The number of aliphatic carboxylic acids is 1. The van der Waals surface area contributed by atoms with Crippen LogP contribution in [0.25, 0.3) is 0 Å². The molecule has 0 saturated carbocycles. The average Bonchev–Trinajstić information content (AvgIpc) is 2.27. The molecule has 0 bridgehead atoms. The van der Waals surface area contributed by atoms with Crippen molar-refractivity contribution in [2.45, 2.75) is 31.9 Å². The van der Waals surface area contributed by atoms with E-state index in [0.29, 0.717) is 13.2 Å². The summed E-state index contributed by atoms with van der Waals surface area (Å²) in [6.07, 6.45) is 2.34. The highest BCUT2D eigenvalue weighted by atomic mass is 16.5. The fourth-order valence-corrected chi connectivity index (χ4v) is 1.87. The molecule has 1 N–H and O–H groups in total. The number of carboxylic acid groups (broad SMARTS) is 1. The van der Waals surface area contributed by atoms with Crippen molar-refractivity contribution in [1.29, 1.82) is 0 Å². The predicted molar refractivity (Wildman–Crippen MR) is 57.8 cm³/mol. The highest BCUT2D eigenvalue weighted by Crippen LogP contribution is 2.18. The van der Waals surface area contributed by atoms with Gasteiger partial charge in [0.1, 0.15) is 6.04 Å². The Kier molecular flexibility index (Phi) is 3.88. The molecular weight excluding hydrogens is 194 g/mol. The lowest BCUT2D eigenvalue weighted by molar-refractivity contribution is -0.142. The van der Waals surface area contributed by atoms with Gasteiger partial charge in [0.25, 0.3) is 0 Å². The van der Waals surface area contributed by atoms with Crippen LogP contribution in [0, 0.1) is 0 Å². The Bertz CT molecular complexity index is 250. The molecule has 1 unspecified atom stereocenters. The van der Waals surface area contributed by atoms with Crippen molar-refractivity contribution in [1.82, 2.24) is 4.90 Å².